The van der Waals surface area contributed by atoms with Crippen LogP contribution >= 0.6 is 15.9 Å². The molecule has 0 aromatic carbocycles. The van der Waals surface area contributed by atoms with Crippen LogP contribution in [0.15, 0.2) is 35.3 Å². The molecule has 0 bridgehead atoms. The van der Waals surface area contributed by atoms with Crippen LogP contribution in [0.4, 0.5) is 5.82 Å². The molecule has 0 saturated carbocycles. The molecule has 0 aliphatic heterocycles. The number of aromatic nitrogens is 1. The highest BCUT2D eigenvalue weighted by atomic mass is 79.9. The van der Waals surface area contributed by atoms with E-state index in [0.29, 0.717) is 11.7 Å². The SMILES string of the molecule is C=C(Nc1cc(Br)ccn1)OC(C)(C)C. The molecule has 0 fully saturated rings. The van der Waals surface area contributed by atoms with Gasteiger partial charge in [-0.25, -0.2) is 4.98 Å². The van der Waals surface area contributed by atoms with Crippen molar-refractivity contribution in [3.63, 3.8) is 0 Å². The predicted octanol–water partition coefficient (Wildman–Crippen LogP) is 3.54. The summed E-state index contributed by atoms with van der Waals surface area (Å²) in [6, 6.07) is 3.72. The Morgan fingerprint density at radius 1 is 1.53 bits per heavy atom. The van der Waals surface area contributed by atoms with Crippen molar-refractivity contribution in [2.75, 3.05) is 5.32 Å². The van der Waals surface area contributed by atoms with Gasteiger partial charge in [0.2, 0.25) is 0 Å². The van der Waals surface area contributed by atoms with Crippen molar-refractivity contribution in [1.29, 1.82) is 0 Å². The molecule has 0 aliphatic carbocycles. The molecule has 0 amide bonds. The largest absolute Gasteiger partial charge is 0.474 e. The molecule has 4 heteroatoms. The van der Waals surface area contributed by atoms with Crippen LogP contribution in [0.5, 0.6) is 0 Å². The van der Waals surface area contributed by atoms with E-state index >= 15 is 0 Å². The zero-order valence-corrected chi connectivity index (χ0v) is 10.8. The molecular formula is C11H15BrN2O. The third-order valence-electron chi connectivity index (χ3n) is 1.42. The number of hydrogen-bond donors (Lipinski definition) is 1. The Morgan fingerprint density at radius 2 is 2.20 bits per heavy atom. The molecule has 0 unspecified atom stereocenters. The summed E-state index contributed by atoms with van der Waals surface area (Å²) >= 11 is 3.36. The second kappa shape index (κ2) is 4.66. The number of halogens is 1. The van der Waals surface area contributed by atoms with E-state index in [0.717, 1.165) is 4.47 Å². The molecule has 0 atom stereocenters. The summed E-state index contributed by atoms with van der Waals surface area (Å²) in [4.78, 5) is 4.13. The van der Waals surface area contributed by atoms with Crippen LogP contribution in [0, 0.1) is 0 Å². The Labute approximate surface area is 98.7 Å². The van der Waals surface area contributed by atoms with E-state index in [1.807, 2.05) is 32.9 Å². The van der Waals surface area contributed by atoms with Crippen molar-refractivity contribution in [2.45, 2.75) is 26.4 Å². The Balaban J connectivity index is 2.59. The van der Waals surface area contributed by atoms with Crippen molar-refractivity contribution in [1.82, 2.24) is 4.98 Å². The molecule has 0 aliphatic rings. The lowest BCUT2D eigenvalue weighted by Gasteiger charge is -2.23. The van der Waals surface area contributed by atoms with Crippen LogP contribution in [-0.4, -0.2) is 10.6 Å². The molecule has 0 spiro atoms. The lowest BCUT2D eigenvalue weighted by Crippen LogP contribution is -2.21. The Bertz CT molecular complexity index is 358. The van der Waals surface area contributed by atoms with Gasteiger partial charge < -0.3 is 10.1 Å². The summed E-state index contributed by atoms with van der Waals surface area (Å²) in [6.45, 7) is 9.68. The van der Waals surface area contributed by atoms with Gasteiger partial charge in [-0.2, -0.15) is 0 Å². The highest BCUT2D eigenvalue weighted by Crippen LogP contribution is 2.17. The fourth-order valence-corrected chi connectivity index (χ4v) is 1.35. The molecule has 1 aromatic rings. The number of nitrogens with one attached hydrogen (secondary N) is 1. The molecule has 1 aromatic heterocycles. The van der Waals surface area contributed by atoms with Crippen LogP contribution in [0.1, 0.15) is 20.8 Å². The zero-order chi connectivity index (χ0) is 11.5. The normalized spacial score (nSPS) is 10.9. The Hall–Kier alpha value is -1.03. The number of anilines is 1. The predicted molar refractivity (Wildman–Crippen MR) is 65.5 cm³/mol. The van der Waals surface area contributed by atoms with E-state index in [9.17, 15) is 0 Å². The van der Waals surface area contributed by atoms with Crippen LogP contribution in [0.2, 0.25) is 0 Å². The lowest BCUT2D eigenvalue weighted by atomic mass is 10.2. The first-order valence-corrected chi connectivity index (χ1v) is 5.42. The molecule has 1 N–H and O–H groups in total. The van der Waals surface area contributed by atoms with E-state index < -0.39 is 0 Å². The summed E-state index contributed by atoms with van der Waals surface area (Å²) in [5.41, 5.74) is -0.254. The van der Waals surface area contributed by atoms with Gasteiger partial charge in [0.25, 0.3) is 0 Å². The first-order valence-electron chi connectivity index (χ1n) is 4.63. The average molecular weight is 271 g/mol. The summed E-state index contributed by atoms with van der Waals surface area (Å²) in [7, 11) is 0. The number of ether oxygens (including phenoxy) is 1. The highest BCUT2D eigenvalue weighted by Gasteiger charge is 2.12. The van der Waals surface area contributed by atoms with Crippen molar-refractivity contribution >= 4 is 21.7 Å². The van der Waals surface area contributed by atoms with E-state index in [-0.39, 0.29) is 5.60 Å². The van der Waals surface area contributed by atoms with Gasteiger partial charge in [-0.15, -0.1) is 0 Å². The van der Waals surface area contributed by atoms with Crippen molar-refractivity contribution in [2.24, 2.45) is 0 Å². The summed E-state index contributed by atoms with van der Waals surface area (Å²) < 4.78 is 6.48. The van der Waals surface area contributed by atoms with Gasteiger partial charge in [-0.3, -0.25) is 0 Å². The number of rotatable bonds is 3. The smallest absolute Gasteiger partial charge is 0.185 e. The summed E-state index contributed by atoms with van der Waals surface area (Å²) in [6.07, 6.45) is 1.71. The second-order valence-electron chi connectivity index (χ2n) is 4.12. The Kier molecular flexibility index (Phi) is 3.74. The minimum atomic E-state index is -0.254. The standard InChI is InChI=1S/C11H15BrN2O/c1-8(15-11(2,3)4)14-10-7-9(12)5-6-13-10/h5-7H,1H2,2-4H3,(H,13,14). The molecule has 15 heavy (non-hydrogen) atoms. The Morgan fingerprint density at radius 3 is 2.73 bits per heavy atom. The van der Waals surface area contributed by atoms with Gasteiger partial charge in [0.15, 0.2) is 5.88 Å². The van der Waals surface area contributed by atoms with Gasteiger partial charge in [-0.05, 0) is 39.5 Å². The molecular weight excluding hydrogens is 256 g/mol. The minimum absolute atomic E-state index is 0.254. The monoisotopic (exact) mass is 270 g/mol. The van der Waals surface area contributed by atoms with Crippen LogP contribution in [0.25, 0.3) is 0 Å². The zero-order valence-electron chi connectivity index (χ0n) is 9.17. The topological polar surface area (TPSA) is 34.2 Å². The van der Waals surface area contributed by atoms with Crippen molar-refractivity contribution < 1.29 is 4.74 Å². The average Bonchev–Trinajstić information content (AvgIpc) is 1.99. The van der Waals surface area contributed by atoms with Gasteiger partial charge in [0, 0.05) is 10.7 Å². The first-order chi connectivity index (χ1) is 6.87. The highest BCUT2D eigenvalue weighted by molar-refractivity contribution is 9.10. The van der Waals surface area contributed by atoms with Gasteiger partial charge in [-0.1, -0.05) is 15.9 Å². The van der Waals surface area contributed by atoms with E-state index in [4.69, 9.17) is 4.74 Å². The second-order valence-corrected chi connectivity index (χ2v) is 5.04. The third-order valence-corrected chi connectivity index (χ3v) is 1.91. The molecule has 1 heterocycles. The van der Waals surface area contributed by atoms with E-state index in [1.165, 1.54) is 0 Å². The molecule has 82 valence electrons. The van der Waals surface area contributed by atoms with Crippen LogP contribution < -0.4 is 5.32 Å². The number of nitrogens with zero attached hydrogens (tertiary/aromatic N) is 1. The van der Waals surface area contributed by atoms with Crippen molar-refractivity contribution in [3.8, 4) is 0 Å². The number of pyridine rings is 1. The summed E-state index contributed by atoms with van der Waals surface area (Å²) in [5, 5.41) is 2.98. The molecule has 0 radical (unpaired) electrons. The number of hydrogen-bond acceptors (Lipinski definition) is 3. The van der Waals surface area contributed by atoms with E-state index in [2.05, 4.69) is 32.8 Å². The minimum Gasteiger partial charge on any atom is -0.474 e. The third kappa shape index (κ3) is 4.83. The van der Waals surface area contributed by atoms with Crippen LogP contribution in [0.3, 0.4) is 0 Å². The molecule has 1 rings (SSSR count). The van der Waals surface area contributed by atoms with Gasteiger partial charge >= 0.3 is 0 Å². The summed E-state index contributed by atoms with van der Waals surface area (Å²) in [5.74, 6) is 1.20. The van der Waals surface area contributed by atoms with Gasteiger partial charge in [0.1, 0.15) is 11.4 Å². The lowest BCUT2D eigenvalue weighted by molar-refractivity contribution is 0.0564. The maximum absolute atomic E-state index is 5.52. The first kappa shape index (κ1) is 12.0. The fourth-order valence-electron chi connectivity index (χ4n) is 1.01. The maximum atomic E-state index is 5.52. The maximum Gasteiger partial charge on any atom is 0.185 e. The van der Waals surface area contributed by atoms with Crippen LogP contribution in [-0.2, 0) is 4.74 Å². The molecule has 0 saturated heterocycles. The quantitative estimate of drug-likeness (QED) is 0.854. The van der Waals surface area contributed by atoms with E-state index in [1.54, 1.807) is 6.20 Å². The molecule has 3 nitrogen and oxygen atoms in total. The fraction of sp³-hybridized carbons (Fsp3) is 0.364. The van der Waals surface area contributed by atoms with Gasteiger partial charge in [0.05, 0.1) is 0 Å². The van der Waals surface area contributed by atoms with Crippen molar-refractivity contribution in [3.05, 3.63) is 35.3 Å².